The first-order valence-electron chi connectivity index (χ1n) is 5.51. The number of thiazole rings is 1. The standard InChI is InChI=1S/C12H11FN2OS/c13-9-6-14-4-3-8(9)10-7-17-12(15-10)11-2-1-5-16-11/h3-4,6-7,11H,1-2,5H2. The molecule has 5 heteroatoms. The van der Waals surface area contributed by atoms with Gasteiger partial charge in [0.15, 0.2) is 5.82 Å². The second-order valence-corrected chi connectivity index (χ2v) is 4.82. The summed E-state index contributed by atoms with van der Waals surface area (Å²) in [6.07, 6.45) is 4.96. The first-order valence-corrected chi connectivity index (χ1v) is 6.39. The molecule has 0 N–H and O–H groups in total. The maximum atomic E-state index is 13.5. The van der Waals surface area contributed by atoms with Gasteiger partial charge in [-0.1, -0.05) is 0 Å². The van der Waals surface area contributed by atoms with Crippen molar-refractivity contribution in [2.75, 3.05) is 6.61 Å². The minimum absolute atomic E-state index is 0.0960. The van der Waals surface area contributed by atoms with Crippen LogP contribution in [0.15, 0.2) is 23.8 Å². The molecule has 2 aromatic heterocycles. The van der Waals surface area contributed by atoms with Crippen molar-refractivity contribution >= 4 is 11.3 Å². The molecule has 1 saturated heterocycles. The smallest absolute Gasteiger partial charge is 0.150 e. The van der Waals surface area contributed by atoms with E-state index in [0.717, 1.165) is 24.5 Å². The van der Waals surface area contributed by atoms with Gasteiger partial charge in [-0.15, -0.1) is 11.3 Å². The van der Waals surface area contributed by atoms with Gasteiger partial charge in [0, 0.05) is 23.7 Å². The maximum Gasteiger partial charge on any atom is 0.150 e. The monoisotopic (exact) mass is 250 g/mol. The average Bonchev–Trinajstić information content (AvgIpc) is 3.00. The van der Waals surface area contributed by atoms with Crippen molar-refractivity contribution in [2.45, 2.75) is 18.9 Å². The van der Waals surface area contributed by atoms with Crippen molar-refractivity contribution in [2.24, 2.45) is 0 Å². The highest BCUT2D eigenvalue weighted by Crippen LogP contribution is 2.33. The summed E-state index contributed by atoms with van der Waals surface area (Å²) in [4.78, 5) is 8.18. The Morgan fingerprint density at radius 1 is 1.47 bits per heavy atom. The Morgan fingerprint density at radius 3 is 3.18 bits per heavy atom. The highest BCUT2D eigenvalue weighted by atomic mass is 32.1. The summed E-state index contributed by atoms with van der Waals surface area (Å²) in [6, 6.07) is 1.64. The summed E-state index contributed by atoms with van der Waals surface area (Å²) >= 11 is 1.53. The number of hydrogen-bond donors (Lipinski definition) is 0. The predicted octanol–water partition coefficient (Wildman–Crippen LogP) is 3.20. The van der Waals surface area contributed by atoms with Gasteiger partial charge < -0.3 is 4.74 Å². The molecule has 1 atom stereocenters. The first-order chi connectivity index (χ1) is 8.34. The summed E-state index contributed by atoms with van der Waals surface area (Å²) in [5.41, 5.74) is 1.17. The Hall–Kier alpha value is -1.33. The van der Waals surface area contributed by atoms with E-state index in [1.807, 2.05) is 5.38 Å². The molecule has 3 rings (SSSR count). The van der Waals surface area contributed by atoms with Crippen molar-refractivity contribution in [3.63, 3.8) is 0 Å². The van der Waals surface area contributed by atoms with Crippen LogP contribution in [0.5, 0.6) is 0 Å². The van der Waals surface area contributed by atoms with Crippen LogP contribution in [0.1, 0.15) is 24.0 Å². The molecule has 0 bridgehead atoms. The molecule has 0 aliphatic carbocycles. The van der Waals surface area contributed by atoms with Crippen molar-refractivity contribution in [1.29, 1.82) is 0 Å². The Balaban J connectivity index is 1.92. The maximum absolute atomic E-state index is 13.5. The molecule has 1 unspecified atom stereocenters. The van der Waals surface area contributed by atoms with Gasteiger partial charge in [0.2, 0.25) is 0 Å². The number of aromatic nitrogens is 2. The average molecular weight is 250 g/mol. The third-order valence-corrected chi connectivity index (χ3v) is 3.71. The van der Waals surface area contributed by atoms with E-state index in [1.54, 1.807) is 12.3 Å². The van der Waals surface area contributed by atoms with Crippen molar-refractivity contribution in [3.05, 3.63) is 34.7 Å². The molecule has 3 heterocycles. The minimum atomic E-state index is -0.336. The number of nitrogens with zero attached hydrogens (tertiary/aromatic N) is 2. The molecule has 2 aromatic rings. The number of rotatable bonds is 2. The molecular formula is C12H11FN2OS. The van der Waals surface area contributed by atoms with E-state index in [4.69, 9.17) is 4.74 Å². The number of pyridine rings is 1. The topological polar surface area (TPSA) is 35.0 Å². The molecule has 3 nitrogen and oxygen atoms in total. The third kappa shape index (κ3) is 2.08. The van der Waals surface area contributed by atoms with Crippen LogP contribution in [-0.2, 0) is 4.74 Å². The highest BCUT2D eigenvalue weighted by Gasteiger charge is 2.21. The van der Waals surface area contributed by atoms with Crippen LogP contribution in [0.2, 0.25) is 0 Å². The van der Waals surface area contributed by atoms with E-state index >= 15 is 0 Å². The second-order valence-electron chi connectivity index (χ2n) is 3.93. The molecule has 1 fully saturated rings. The van der Waals surface area contributed by atoms with Crippen molar-refractivity contribution in [3.8, 4) is 11.3 Å². The van der Waals surface area contributed by atoms with E-state index in [-0.39, 0.29) is 11.9 Å². The predicted molar refractivity (Wildman–Crippen MR) is 63.2 cm³/mol. The van der Waals surface area contributed by atoms with Crippen LogP contribution in [0, 0.1) is 5.82 Å². The lowest BCUT2D eigenvalue weighted by Gasteiger charge is -2.03. The van der Waals surface area contributed by atoms with Crippen molar-refractivity contribution < 1.29 is 9.13 Å². The normalized spacial score (nSPS) is 19.7. The van der Waals surface area contributed by atoms with Crippen LogP contribution in [-0.4, -0.2) is 16.6 Å². The van der Waals surface area contributed by atoms with Crippen LogP contribution in [0.25, 0.3) is 11.3 Å². The molecule has 0 aromatic carbocycles. The zero-order chi connectivity index (χ0) is 11.7. The fraction of sp³-hybridized carbons (Fsp3) is 0.333. The zero-order valence-corrected chi connectivity index (χ0v) is 9.91. The van der Waals surface area contributed by atoms with Gasteiger partial charge in [0.05, 0.1) is 11.9 Å². The summed E-state index contributed by atoms with van der Waals surface area (Å²) < 4.78 is 19.1. The van der Waals surface area contributed by atoms with E-state index < -0.39 is 0 Å². The van der Waals surface area contributed by atoms with Gasteiger partial charge >= 0.3 is 0 Å². The van der Waals surface area contributed by atoms with Gasteiger partial charge in [-0.2, -0.15) is 0 Å². The van der Waals surface area contributed by atoms with Gasteiger partial charge in [-0.25, -0.2) is 9.37 Å². The van der Waals surface area contributed by atoms with Crippen LogP contribution in [0.4, 0.5) is 4.39 Å². The molecule has 0 radical (unpaired) electrons. The van der Waals surface area contributed by atoms with Gasteiger partial charge in [0.25, 0.3) is 0 Å². The van der Waals surface area contributed by atoms with Crippen LogP contribution >= 0.6 is 11.3 Å². The minimum Gasteiger partial charge on any atom is -0.371 e. The molecule has 88 valence electrons. The number of halogens is 1. The Kier molecular flexibility index (Phi) is 2.86. The zero-order valence-electron chi connectivity index (χ0n) is 9.10. The molecule has 0 amide bonds. The summed E-state index contributed by atoms with van der Waals surface area (Å²) in [6.45, 7) is 0.795. The fourth-order valence-corrected chi connectivity index (χ4v) is 2.82. The SMILES string of the molecule is Fc1cnccc1-c1csc(C2CCCO2)n1. The molecule has 1 aliphatic heterocycles. The lowest BCUT2D eigenvalue weighted by atomic mass is 10.2. The van der Waals surface area contributed by atoms with E-state index in [1.165, 1.54) is 17.5 Å². The number of ether oxygens (including phenoxy) is 1. The Bertz CT molecular complexity index is 523. The molecular weight excluding hydrogens is 239 g/mol. The Labute approximate surface area is 102 Å². The van der Waals surface area contributed by atoms with Crippen LogP contribution in [0.3, 0.4) is 0 Å². The largest absolute Gasteiger partial charge is 0.371 e. The van der Waals surface area contributed by atoms with Gasteiger partial charge in [0.1, 0.15) is 11.1 Å². The summed E-state index contributed by atoms with van der Waals surface area (Å²) in [5, 5.41) is 2.81. The first kappa shape index (κ1) is 10.8. The fourth-order valence-electron chi connectivity index (χ4n) is 1.91. The summed E-state index contributed by atoms with van der Waals surface area (Å²) in [7, 11) is 0. The molecule has 17 heavy (non-hydrogen) atoms. The number of hydrogen-bond acceptors (Lipinski definition) is 4. The van der Waals surface area contributed by atoms with Crippen LogP contribution < -0.4 is 0 Å². The quantitative estimate of drug-likeness (QED) is 0.821. The highest BCUT2D eigenvalue weighted by molar-refractivity contribution is 7.10. The van der Waals surface area contributed by atoms with E-state index in [2.05, 4.69) is 9.97 Å². The third-order valence-electron chi connectivity index (χ3n) is 2.78. The summed E-state index contributed by atoms with van der Waals surface area (Å²) in [5.74, 6) is -0.336. The van der Waals surface area contributed by atoms with Gasteiger partial charge in [-0.3, -0.25) is 4.98 Å². The Morgan fingerprint density at radius 2 is 2.41 bits per heavy atom. The molecule has 0 saturated carbocycles. The van der Waals surface area contributed by atoms with E-state index in [9.17, 15) is 4.39 Å². The van der Waals surface area contributed by atoms with E-state index in [0.29, 0.717) is 11.3 Å². The second kappa shape index (κ2) is 4.50. The lowest BCUT2D eigenvalue weighted by molar-refractivity contribution is 0.112. The molecule has 0 spiro atoms. The van der Waals surface area contributed by atoms with Crippen molar-refractivity contribution in [1.82, 2.24) is 9.97 Å². The lowest BCUT2D eigenvalue weighted by Crippen LogP contribution is -1.95. The van der Waals surface area contributed by atoms with Gasteiger partial charge in [-0.05, 0) is 18.9 Å². The molecule has 1 aliphatic rings.